The van der Waals surface area contributed by atoms with E-state index in [0.717, 1.165) is 0 Å². The Balaban J connectivity index is 0.00000169. The average molecular weight is 249 g/mol. The van der Waals surface area contributed by atoms with Crippen molar-refractivity contribution in [2.45, 2.75) is 25.7 Å². The summed E-state index contributed by atoms with van der Waals surface area (Å²) in [7, 11) is 1.33. The third kappa shape index (κ3) is 2.15. The number of aromatic nitrogens is 4. The Morgan fingerprint density at radius 3 is 2.64 bits per heavy atom. The number of ether oxygens (including phenoxy) is 1. The van der Waals surface area contributed by atoms with Crippen LogP contribution in [0.3, 0.4) is 0 Å². The Morgan fingerprint density at radius 2 is 2.29 bits per heavy atom. The molecule has 0 bridgehead atoms. The van der Waals surface area contributed by atoms with Crippen LogP contribution in [0.2, 0.25) is 0 Å². The largest absolute Gasteiger partial charge is 0.468 e. The van der Waals surface area contributed by atoms with Crippen LogP contribution in [0.15, 0.2) is 0 Å². The smallest absolute Gasteiger partial charge is 0.316 e. The number of hydrogen-bond donors (Lipinski definition) is 0. The molecule has 0 N–H and O–H groups in total. The third-order valence-electron chi connectivity index (χ3n) is 2.16. The van der Waals surface area contributed by atoms with Gasteiger partial charge < -0.3 is 9.84 Å². The van der Waals surface area contributed by atoms with E-state index in [0.29, 0.717) is 12.2 Å². The first-order valence-corrected chi connectivity index (χ1v) is 3.92. The Bertz CT molecular complexity index is 290. The van der Waals surface area contributed by atoms with Gasteiger partial charge in [0.15, 0.2) is 0 Å². The maximum atomic E-state index is 11.4. The summed E-state index contributed by atoms with van der Waals surface area (Å²) in [5.41, 5.74) is -0.835. The second kappa shape index (κ2) is 5.15. The van der Waals surface area contributed by atoms with Crippen molar-refractivity contribution < 1.29 is 29.0 Å². The molecule has 0 fully saturated rings. The molecule has 0 saturated carbocycles. The molecule has 1 aromatic heterocycles. The van der Waals surface area contributed by atoms with Crippen LogP contribution >= 0.6 is 0 Å². The van der Waals surface area contributed by atoms with Gasteiger partial charge in [0.25, 0.3) is 0 Å². The minimum absolute atomic E-state index is 0. The topological polar surface area (TPSA) is 79.1 Å². The van der Waals surface area contributed by atoms with Crippen LogP contribution < -0.4 is 5.10 Å². The monoisotopic (exact) mass is 247 g/mol. The molecular formula is C7H11N4O2Zn-. The van der Waals surface area contributed by atoms with Crippen LogP contribution in [-0.4, -0.2) is 28.6 Å². The van der Waals surface area contributed by atoms with Crippen molar-refractivity contribution in [3.63, 3.8) is 0 Å². The summed E-state index contributed by atoms with van der Waals surface area (Å²) in [5.74, 6) is -0.0633. The summed E-state index contributed by atoms with van der Waals surface area (Å²) in [5, 5.41) is 14.0. The van der Waals surface area contributed by atoms with E-state index in [9.17, 15) is 4.79 Å². The Hall–Kier alpha value is -0.837. The second-order valence-electron chi connectivity index (χ2n) is 2.88. The van der Waals surface area contributed by atoms with Crippen LogP contribution in [0.1, 0.15) is 26.1 Å². The first kappa shape index (κ1) is 13.2. The van der Waals surface area contributed by atoms with Crippen molar-refractivity contribution in [3.05, 3.63) is 5.82 Å². The van der Waals surface area contributed by atoms with Gasteiger partial charge in [-0.1, -0.05) is 6.92 Å². The number of hydrogen-bond acceptors (Lipinski definition) is 5. The first-order valence-electron chi connectivity index (χ1n) is 3.92. The summed E-state index contributed by atoms with van der Waals surface area (Å²) in [6.45, 7) is 3.56. The number of nitrogens with zero attached hydrogens (tertiary/aromatic N) is 4. The van der Waals surface area contributed by atoms with Gasteiger partial charge in [-0.3, -0.25) is 15.1 Å². The van der Waals surface area contributed by atoms with E-state index in [4.69, 9.17) is 0 Å². The molecule has 0 aromatic carbocycles. The summed E-state index contributed by atoms with van der Waals surface area (Å²) in [6, 6.07) is 0. The average Bonchev–Trinajstić information content (AvgIpc) is 2.68. The molecule has 0 aliphatic rings. The predicted molar refractivity (Wildman–Crippen MR) is 42.8 cm³/mol. The molecule has 0 saturated heterocycles. The van der Waals surface area contributed by atoms with Crippen molar-refractivity contribution in [1.29, 1.82) is 0 Å². The molecule has 0 radical (unpaired) electrons. The van der Waals surface area contributed by atoms with Gasteiger partial charge in [0.2, 0.25) is 0 Å². The van der Waals surface area contributed by atoms with Gasteiger partial charge in [0, 0.05) is 25.3 Å². The van der Waals surface area contributed by atoms with E-state index in [1.54, 1.807) is 6.92 Å². The summed E-state index contributed by atoms with van der Waals surface area (Å²) < 4.78 is 4.66. The number of esters is 1. The van der Waals surface area contributed by atoms with E-state index >= 15 is 0 Å². The zero-order chi connectivity index (χ0) is 9.90. The fourth-order valence-electron chi connectivity index (χ4n) is 0.984. The summed E-state index contributed by atoms with van der Waals surface area (Å²) in [4.78, 5) is 11.4. The van der Waals surface area contributed by atoms with Crippen LogP contribution in [0.4, 0.5) is 0 Å². The van der Waals surface area contributed by atoms with Crippen molar-refractivity contribution in [2.24, 2.45) is 0 Å². The Labute approximate surface area is 94.6 Å². The maximum Gasteiger partial charge on any atom is 0.316 e. The van der Waals surface area contributed by atoms with Gasteiger partial charge in [-0.15, -0.1) is 0 Å². The number of carbonyl (C=O) groups excluding carboxylic acids is 1. The Kier molecular flexibility index (Phi) is 4.84. The second-order valence-corrected chi connectivity index (χ2v) is 2.88. The summed E-state index contributed by atoms with van der Waals surface area (Å²) in [6.07, 6.45) is 0.549. The number of carbonyl (C=O) groups is 1. The van der Waals surface area contributed by atoms with Crippen molar-refractivity contribution >= 4 is 5.97 Å². The standard InChI is InChI=1S/C7H11N4O2.Zn/c1-4-7(2,6(12)13-3)5-8-10-11-9-5;/h4H2,1-3H3;/q-1;. The molecule has 74 valence electrons. The Morgan fingerprint density at radius 1 is 1.64 bits per heavy atom. The van der Waals surface area contributed by atoms with E-state index in [-0.39, 0.29) is 25.4 Å². The molecule has 0 aliphatic carbocycles. The van der Waals surface area contributed by atoms with Crippen molar-refractivity contribution in [2.75, 3.05) is 7.11 Å². The van der Waals surface area contributed by atoms with Gasteiger partial charge in [-0.25, -0.2) is 0 Å². The molecular weight excluding hydrogens is 237 g/mol. The van der Waals surface area contributed by atoms with Crippen molar-refractivity contribution in [1.82, 2.24) is 20.6 Å². The minimum Gasteiger partial charge on any atom is -0.468 e. The molecule has 1 rings (SSSR count). The first-order chi connectivity index (χ1) is 6.15. The molecule has 1 unspecified atom stereocenters. The fourth-order valence-corrected chi connectivity index (χ4v) is 0.984. The molecule has 1 heterocycles. The normalized spacial score (nSPS) is 13.9. The van der Waals surface area contributed by atoms with E-state index in [1.165, 1.54) is 7.11 Å². The van der Waals surface area contributed by atoms with Gasteiger partial charge in [0.05, 0.1) is 12.5 Å². The predicted octanol–water partition coefficient (Wildman–Crippen LogP) is -0.333. The SMILES string of the molecule is CCC(C)(C(=O)OC)c1nnn[n-]1.[Zn]. The van der Waals surface area contributed by atoms with Crippen LogP contribution in [0, 0.1) is 0 Å². The number of tetrazole rings is 1. The van der Waals surface area contributed by atoms with Crippen LogP contribution in [0.5, 0.6) is 0 Å². The zero-order valence-corrected chi connectivity index (χ0v) is 11.5. The van der Waals surface area contributed by atoms with Gasteiger partial charge in [-0.2, -0.15) is 5.21 Å². The molecule has 1 atom stereocenters. The van der Waals surface area contributed by atoms with E-state index in [2.05, 4.69) is 25.4 Å². The number of methoxy groups -OCH3 is 1. The zero-order valence-electron chi connectivity index (χ0n) is 8.52. The maximum absolute atomic E-state index is 11.4. The molecule has 0 spiro atoms. The van der Waals surface area contributed by atoms with Gasteiger partial charge in [0.1, 0.15) is 0 Å². The van der Waals surface area contributed by atoms with E-state index in [1.807, 2.05) is 6.92 Å². The molecule has 14 heavy (non-hydrogen) atoms. The minimum atomic E-state index is -0.835. The molecule has 1 aromatic rings. The van der Waals surface area contributed by atoms with Crippen molar-refractivity contribution in [3.8, 4) is 0 Å². The molecule has 6 nitrogen and oxygen atoms in total. The number of rotatable bonds is 3. The summed E-state index contributed by atoms with van der Waals surface area (Å²) >= 11 is 0. The van der Waals surface area contributed by atoms with Gasteiger partial charge in [-0.05, 0) is 13.3 Å². The third-order valence-corrected chi connectivity index (χ3v) is 2.16. The van der Waals surface area contributed by atoms with Crippen LogP contribution in [-0.2, 0) is 34.4 Å². The fraction of sp³-hybridized carbons (Fsp3) is 0.714. The molecule has 0 amide bonds. The van der Waals surface area contributed by atoms with Gasteiger partial charge >= 0.3 is 5.97 Å². The van der Waals surface area contributed by atoms with E-state index < -0.39 is 5.41 Å². The molecule has 0 aliphatic heterocycles. The molecule has 7 heteroatoms. The van der Waals surface area contributed by atoms with Crippen LogP contribution in [0.25, 0.3) is 0 Å². The quantitative estimate of drug-likeness (QED) is 0.538.